The van der Waals surface area contributed by atoms with Crippen LogP contribution in [-0.2, 0) is 5.60 Å². The molecule has 2 bridgehead atoms. The van der Waals surface area contributed by atoms with Crippen molar-refractivity contribution in [1.82, 2.24) is 9.88 Å². The van der Waals surface area contributed by atoms with Crippen molar-refractivity contribution in [2.24, 2.45) is 5.92 Å². The Morgan fingerprint density at radius 1 is 1.20 bits per heavy atom. The van der Waals surface area contributed by atoms with E-state index in [9.17, 15) is 5.11 Å². The van der Waals surface area contributed by atoms with Crippen LogP contribution in [0.5, 0.6) is 0 Å². The van der Waals surface area contributed by atoms with Crippen LogP contribution >= 0.6 is 11.3 Å². The fourth-order valence-electron chi connectivity index (χ4n) is 3.51. The topological polar surface area (TPSA) is 36.4 Å². The number of thiazole rings is 1. The Hall–Kier alpha value is -1.23. The van der Waals surface area contributed by atoms with Gasteiger partial charge in [0.25, 0.3) is 0 Å². The Kier molecular flexibility index (Phi) is 2.91. The first kappa shape index (κ1) is 12.5. The first-order chi connectivity index (χ1) is 9.75. The number of benzene rings is 1. The molecular weight excluding hydrogens is 268 g/mol. The van der Waals surface area contributed by atoms with E-state index in [0.29, 0.717) is 5.92 Å². The first-order valence-electron chi connectivity index (χ1n) is 7.22. The molecule has 0 aliphatic carbocycles. The van der Waals surface area contributed by atoms with E-state index in [2.05, 4.69) is 22.0 Å². The largest absolute Gasteiger partial charge is 0.383 e. The van der Waals surface area contributed by atoms with Gasteiger partial charge in [-0.3, -0.25) is 0 Å². The molecule has 0 spiro atoms. The van der Waals surface area contributed by atoms with Crippen molar-refractivity contribution < 1.29 is 5.11 Å². The molecule has 0 radical (unpaired) electrons. The Balaban J connectivity index is 1.68. The van der Waals surface area contributed by atoms with Gasteiger partial charge >= 0.3 is 0 Å². The maximum absolute atomic E-state index is 11.1. The van der Waals surface area contributed by atoms with Crippen molar-refractivity contribution in [2.75, 3.05) is 19.6 Å². The smallest absolute Gasteiger partial charge is 0.123 e. The highest BCUT2D eigenvalue weighted by atomic mass is 32.1. The molecule has 104 valence electrons. The number of aliphatic hydroxyl groups is 1. The van der Waals surface area contributed by atoms with Crippen molar-refractivity contribution in [3.05, 3.63) is 41.4 Å². The van der Waals surface area contributed by atoms with Crippen LogP contribution in [0.25, 0.3) is 10.6 Å². The molecule has 3 fully saturated rings. The first-order valence-corrected chi connectivity index (χ1v) is 8.04. The summed E-state index contributed by atoms with van der Waals surface area (Å²) < 4.78 is 0. The second kappa shape index (κ2) is 4.65. The van der Waals surface area contributed by atoms with Crippen LogP contribution in [-0.4, -0.2) is 34.6 Å². The fourth-order valence-corrected chi connectivity index (χ4v) is 4.59. The van der Waals surface area contributed by atoms with Gasteiger partial charge in [-0.25, -0.2) is 4.98 Å². The lowest BCUT2D eigenvalue weighted by atomic mass is 9.75. The SMILES string of the molecule is O[C@@]1(c2cnc(-c3ccccc3)s2)CN2CCC1CC2. The van der Waals surface area contributed by atoms with Crippen LogP contribution < -0.4 is 0 Å². The average molecular weight is 286 g/mol. The van der Waals surface area contributed by atoms with Crippen LogP contribution in [0.4, 0.5) is 0 Å². The summed E-state index contributed by atoms with van der Waals surface area (Å²) in [7, 11) is 0. The molecule has 1 aromatic carbocycles. The van der Waals surface area contributed by atoms with E-state index in [1.54, 1.807) is 11.3 Å². The van der Waals surface area contributed by atoms with Gasteiger partial charge in [-0.2, -0.15) is 0 Å². The van der Waals surface area contributed by atoms with Gasteiger partial charge in [0.15, 0.2) is 0 Å². The van der Waals surface area contributed by atoms with Crippen LogP contribution in [0, 0.1) is 5.92 Å². The summed E-state index contributed by atoms with van der Waals surface area (Å²) in [4.78, 5) is 7.94. The molecule has 1 aromatic heterocycles. The standard InChI is InChI=1S/C16H18N2OS/c19-16(11-18-8-6-13(16)7-9-18)14-10-17-15(20-14)12-4-2-1-3-5-12/h1-5,10,13,19H,6-9,11H2/t16-/m0/s1. The minimum Gasteiger partial charge on any atom is -0.383 e. The molecule has 3 aliphatic rings. The minimum absolute atomic E-state index is 0.400. The van der Waals surface area contributed by atoms with Crippen molar-refractivity contribution in [2.45, 2.75) is 18.4 Å². The summed E-state index contributed by atoms with van der Waals surface area (Å²) in [6.07, 6.45) is 4.10. The highest BCUT2D eigenvalue weighted by Gasteiger charge is 2.47. The highest BCUT2D eigenvalue weighted by Crippen LogP contribution is 2.45. The molecule has 1 atom stereocenters. The number of piperidine rings is 3. The van der Waals surface area contributed by atoms with Crippen molar-refractivity contribution in [3.63, 3.8) is 0 Å². The lowest BCUT2D eigenvalue weighted by Crippen LogP contribution is -2.56. The molecule has 3 nitrogen and oxygen atoms in total. The van der Waals surface area contributed by atoms with Gasteiger partial charge < -0.3 is 10.0 Å². The zero-order chi connectivity index (χ0) is 13.6. The molecule has 0 saturated carbocycles. The van der Waals surface area contributed by atoms with E-state index in [0.717, 1.165) is 47.9 Å². The summed E-state index contributed by atoms with van der Waals surface area (Å²) >= 11 is 1.64. The number of rotatable bonds is 2. The molecule has 20 heavy (non-hydrogen) atoms. The Morgan fingerprint density at radius 2 is 1.95 bits per heavy atom. The third-order valence-corrected chi connectivity index (χ3v) is 5.89. The minimum atomic E-state index is -0.679. The molecule has 4 heterocycles. The summed E-state index contributed by atoms with van der Waals surface area (Å²) in [5, 5.41) is 12.1. The lowest BCUT2D eigenvalue weighted by Gasteiger charge is -2.49. The second-order valence-corrected chi connectivity index (χ2v) is 6.90. The zero-order valence-corrected chi connectivity index (χ0v) is 12.1. The fraction of sp³-hybridized carbons (Fsp3) is 0.438. The molecule has 0 unspecified atom stereocenters. The van der Waals surface area contributed by atoms with Crippen molar-refractivity contribution in [3.8, 4) is 10.6 Å². The molecule has 4 heteroatoms. The maximum atomic E-state index is 11.1. The normalized spacial score (nSPS) is 32.5. The predicted molar refractivity (Wildman–Crippen MR) is 80.6 cm³/mol. The van der Waals surface area contributed by atoms with Gasteiger partial charge in [0.1, 0.15) is 10.6 Å². The van der Waals surface area contributed by atoms with E-state index in [-0.39, 0.29) is 0 Å². The third-order valence-electron chi connectivity index (χ3n) is 4.68. The Morgan fingerprint density at radius 3 is 2.60 bits per heavy atom. The summed E-state index contributed by atoms with van der Waals surface area (Å²) in [5.74, 6) is 0.400. The highest BCUT2D eigenvalue weighted by molar-refractivity contribution is 7.15. The summed E-state index contributed by atoms with van der Waals surface area (Å²) in [6, 6.07) is 10.2. The molecule has 1 N–H and O–H groups in total. The average Bonchev–Trinajstić information content (AvgIpc) is 3.00. The number of fused-ring (bicyclic) bond motifs is 3. The lowest BCUT2D eigenvalue weighted by molar-refractivity contribution is -0.115. The Labute approximate surface area is 122 Å². The van der Waals surface area contributed by atoms with Crippen LogP contribution in [0.3, 0.4) is 0 Å². The number of hydrogen-bond acceptors (Lipinski definition) is 4. The van der Waals surface area contributed by atoms with Gasteiger partial charge in [-0.1, -0.05) is 30.3 Å². The predicted octanol–water partition coefficient (Wildman–Crippen LogP) is 2.72. The molecule has 2 aromatic rings. The van der Waals surface area contributed by atoms with Gasteiger partial charge in [0.2, 0.25) is 0 Å². The molecular formula is C16H18N2OS. The summed E-state index contributed by atoms with van der Waals surface area (Å²) in [5.41, 5.74) is 0.454. The molecule has 3 saturated heterocycles. The molecule has 3 aliphatic heterocycles. The van der Waals surface area contributed by atoms with Crippen LogP contribution in [0.15, 0.2) is 36.5 Å². The molecule has 5 rings (SSSR count). The zero-order valence-electron chi connectivity index (χ0n) is 11.3. The van der Waals surface area contributed by atoms with E-state index < -0.39 is 5.60 Å². The van der Waals surface area contributed by atoms with E-state index in [4.69, 9.17) is 0 Å². The van der Waals surface area contributed by atoms with Gasteiger partial charge in [0.05, 0.1) is 4.88 Å². The van der Waals surface area contributed by atoms with E-state index >= 15 is 0 Å². The number of hydrogen-bond donors (Lipinski definition) is 1. The molecule has 0 amide bonds. The third kappa shape index (κ3) is 1.91. The number of aromatic nitrogens is 1. The quantitative estimate of drug-likeness (QED) is 0.922. The van der Waals surface area contributed by atoms with E-state index in [1.807, 2.05) is 24.4 Å². The van der Waals surface area contributed by atoms with Crippen LogP contribution in [0.1, 0.15) is 17.7 Å². The number of nitrogens with zero attached hydrogens (tertiary/aromatic N) is 2. The van der Waals surface area contributed by atoms with E-state index in [1.165, 1.54) is 0 Å². The Bertz CT molecular complexity index is 604. The van der Waals surface area contributed by atoms with Crippen molar-refractivity contribution >= 4 is 11.3 Å². The summed E-state index contributed by atoms with van der Waals surface area (Å²) in [6.45, 7) is 3.04. The van der Waals surface area contributed by atoms with Crippen LogP contribution in [0.2, 0.25) is 0 Å². The van der Waals surface area contributed by atoms with Gasteiger partial charge in [-0.05, 0) is 31.8 Å². The van der Waals surface area contributed by atoms with Crippen molar-refractivity contribution in [1.29, 1.82) is 0 Å². The monoisotopic (exact) mass is 286 g/mol. The van der Waals surface area contributed by atoms with Gasteiger partial charge in [0, 0.05) is 18.3 Å². The van der Waals surface area contributed by atoms with Gasteiger partial charge in [-0.15, -0.1) is 11.3 Å². The maximum Gasteiger partial charge on any atom is 0.123 e. The second-order valence-electron chi connectivity index (χ2n) is 5.87.